The summed E-state index contributed by atoms with van der Waals surface area (Å²) in [5.74, 6) is -1.22. The highest BCUT2D eigenvalue weighted by Gasteiger charge is 2.56. The van der Waals surface area contributed by atoms with Crippen molar-refractivity contribution < 1.29 is 29.5 Å². The van der Waals surface area contributed by atoms with Crippen molar-refractivity contribution in [2.45, 2.75) is 78.6 Å². The Morgan fingerprint density at radius 3 is 2.43 bits per heavy atom. The molecular formula is C29H40BNO6. The second-order valence-electron chi connectivity index (χ2n) is 10.9. The number of allylic oxidation sites excluding steroid dienone is 1. The number of aliphatic hydroxyl groups is 1. The summed E-state index contributed by atoms with van der Waals surface area (Å²) >= 11 is 0. The van der Waals surface area contributed by atoms with Gasteiger partial charge in [0.2, 0.25) is 11.8 Å². The first-order valence-corrected chi connectivity index (χ1v) is 13.7. The van der Waals surface area contributed by atoms with Crippen LogP contribution in [-0.2, 0) is 14.2 Å². The van der Waals surface area contributed by atoms with Crippen LogP contribution in [0, 0.1) is 31.6 Å². The van der Waals surface area contributed by atoms with E-state index < -0.39 is 25.1 Å². The Morgan fingerprint density at radius 2 is 1.81 bits per heavy atom. The zero-order chi connectivity index (χ0) is 26.9. The third-order valence-corrected chi connectivity index (χ3v) is 8.22. The minimum absolute atomic E-state index is 0.145. The fourth-order valence-corrected chi connectivity index (χ4v) is 6.63. The number of nitrogens with zero attached hydrogens (tertiary/aromatic N) is 1. The Bertz CT molecular complexity index is 1090. The number of hydrogen-bond donors (Lipinski definition) is 3. The zero-order valence-corrected chi connectivity index (χ0v) is 22.5. The number of benzene rings is 1. The molecule has 0 aromatic heterocycles. The number of hydrogen-bond acceptors (Lipinski definition) is 6. The highest BCUT2D eigenvalue weighted by molar-refractivity contribution is 6.43. The number of aliphatic hydroxyl groups excluding tert-OH is 1. The van der Waals surface area contributed by atoms with E-state index in [1.807, 2.05) is 32.9 Å². The van der Waals surface area contributed by atoms with Crippen LogP contribution >= 0.6 is 0 Å². The van der Waals surface area contributed by atoms with E-state index in [1.54, 1.807) is 0 Å². The molecule has 3 aliphatic rings. The molecular weight excluding hydrogens is 469 g/mol. The molecule has 1 aromatic carbocycles. The lowest BCUT2D eigenvalue weighted by Gasteiger charge is -2.43. The van der Waals surface area contributed by atoms with Gasteiger partial charge in [-0.1, -0.05) is 31.9 Å². The molecule has 4 atom stereocenters. The Morgan fingerprint density at radius 1 is 1.11 bits per heavy atom. The van der Waals surface area contributed by atoms with Gasteiger partial charge < -0.3 is 19.9 Å². The number of aryl methyl sites for hydroxylation is 2. The number of imide groups is 1. The summed E-state index contributed by atoms with van der Waals surface area (Å²) in [4.78, 5) is 27.7. The van der Waals surface area contributed by atoms with E-state index in [9.17, 15) is 24.8 Å². The van der Waals surface area contributed by atoms with Crippen molar-refractivity contribution >= 4 is 25.0 Å². The molecule has 0 radical (unpaired) electrons. The Labute approximate surface area is 220 Å². The van der Waals surface area contributed by atoms with Crippen molar-refractivity contribution in [1.82, 2.24) is 4.90 Å². The molecule has 1 aromatic rings. The van der Waals surface area contributed by atoms with Crippen LogP contribution in [0.2, 0.25) is 6.32 Å². The fraction of sp³-hybridized carbons (Fsp3) is 0.586. The molecule has 7 nitrogen and oxygen atoms in total. The van der Waals surface area contributed by atoms with Crippen molar-refractivity contribution in [3.63, 3.8) is 0 Å². The SMILES string of the molecule is CCC/C(=C\c1cc(C)c(O)c(C)c1)CC[C@H]1OB(O)C[C@H]2C1=C(CO)C[C@H]1C(=O)N(CCC)C(=O)[C@H]12. The highest BCUT2D eigenvalue weighted by atomic mass is 16.5. The Hall–Kier alpha value is -2.42. The molecule has 0 saturated carbocycles. The standard InChI is InChI=1S/C29H40BNO6/c1-5-7-19(13-20-11-17(3)27(33)18(4)12-20)8-9-24-25-21(16-32)14-22-26(23(25)15-30(36)37-24)29(35)31(10-6-2)28(22)34/h11-13,22-24,26,32-33,36H,5-10,14-16H2,1-4H3/b19-13+/t22-,23+,24-,26-/m1/s1. The van der Waals surface area contributed by atoms with E-state index >= 15 is 0 Å². The lowest BCUT2D eigenvalue weighted by atomic mass is 9.58. The Kier molecular flexibility index (Phi) is 8.61. The smallest absolute Gasteiger partial charge is 0.455 e. The van der Waals surface area contributed by atoms with Gasteiger partial charge in [0.05, 0.1) is 24.5 Å². The zero-order valence-electron chi connectivity index (χ0n) is 22.5. The average molecular weight is 509 g/mol. The maximum absolute atomic E-state index is 13.3. The number of fused-ring (bicyclic) bond motifs is 3. The van der Waals surface area contributed by atoms with Gasteiger partial charge in [-0.25, -0.2) is 0 Å². The first-order chi connectivity index (χ1) is 17.7. The molecule has 0 unspecified atom stereocenters. The normalized spacial score (nSPS) is 26.2. The molecule has 3 N–H and O–H groups in total. The predicted molar refractivity (Wildman–Crippen MR) is 144 cm³/mol. The van der Waals surface area contributed by atoms with E-state index in [0.717, 1.165) is 47.1 Å². The van der Waals surface area contributed by atoms with Crippen molar-refractivity contribution in [3.05, 3.63) is 45.5 Å². The van der Waals surface area contributed by atoms with Crippen LogP contribution in [0.3, 0.4) is 0 Å². The largest absolute Gasteiger partial charge is 0.507 e. The van der Waals surface area contributed by atoms with E-state index in [0.29, 0.717) is 31.6 Å². The number of rotatable bonds is 9. The lowest BCUT2D eigenvalue weighted by Crippen LogP contribution is -2.46. The summed E-state index contributed by atoms with van der Waals surface area (Å²) in [7, 11) is -1.01. The fourth-order valence-electron chi connectivity index (χ4n) is 6.63. The molecule has 2 saturated heterocycles. The van der Waals surface area contributed by atoms with Crippen LogP contribution in [0.4, 0.5) is 0 Å². The summed E-state index contributed by atoms with van der Waals surface area (Å²) < 4.78 is 6.02. The molecule has 0 spiro atoms. The molecule has 200 valence electrons. The summed E-state index contributed by atoms with van der Waals surface area (Å²) in [5, 5.41) is 31.1. The summed E-state index contributed by atoms with van der Waals surface area (Å²) in [6.07, 6.45) is 6.34. The summed E-state index contributed by atoms with van der Waals surface area (Å²) in [6.45, 7) is 8.10. The Balaban J connectivity index is 1.60. The van der Waals surface area contributed by atoms with Crippen LogP contribution in [0.1, 0.15) is 69.1 Å². The topological polar surface area (TPSA) is 107 Å². The van der Waals surface area contributed by atoms with Crippen molar-refractivity contribution in [2.24, 2.45) is 17.8 Å². The number of likely N-dealkylation sites (tertiary alicyclic amines) is 1. The minimum atomic E-state index is -1.01. The number of phenolic OH excluding ortho intramolecular Hbond substituents is 1. The molecule has 1 aliphatic carbocycles. The first kappa shape index (κ1) is 27.6. The maximum Gasteiger partial charge on any atom is 0.455 e. The van der Waals surface area contributed by atoms with Crippen molar-refractivity contribution in [1.29, 1.82) is 0 Å². The van der Waals surface area contributed by atoms with Gasteiger partial charge >= 0.3 is 7.12 Å². The summed E-state index contributed by atoms with van der Waals surface area (Å²) in [5.41, 5.74) is 5.67. The van der Waals surface area contributed by atoms with Gasteiger partial charge in [-0.15, -0.1) is 0 Å². The van der Waals surface area contributed by atoms with Crippen molar-refractivity contribution in [3.8, 4) is 5.75 Å². The highest BCUT2D eigenvalue weighted by Crippen LogP contribution is 2.50. The van der Waals surface area contributed by atoms with E-state index in [1.165, 1.54) is 10.5 Å². The van der Waals surface area contributed by atoms with Crippen LogP contribution in [0.5, 0.6) is 5.75 Å². The van der Waals surface area contributed by atoms with Gasteiger partial charge in [-0.05, 0) is 98.2 Å². The van der Waals surface area contributed by atoms with Gasteiger partial charge in [-0.2, -0.15) is 0 Å². The number of aromatic hydroxyl groups is 1. The predicted octanol–water partition coefficient (Wildman–Crippen LogP) is 4.17. The molecule has 37 heavy (non-hydrogen) atoms. The molecule has 2 heterocycles. The number of carbonyl (C=O) groups is 2. The maximum atomic E-state index is 13.3. The minimum Gasteiger partial charge on any atom is -0.507 e. The third kappa shape index (κ3) is 5.43. The van der Waals surface area contributed by atoms with Gasteiger partial charge in [0, 0.05) is 6.54 Å². The van der Waals surface area contributed by atoms with Gasteiger partial charge in [-0.3, -0.25) is 14.5 Å². The quantitative estimate of drug-likeness (QED) is 0.262. The van der Waals surface area contributed by atoms with Crippen LogP contribution in [-0.4, -0.2) is 58.3 Å². The van der Waals surface area contributed by atoms with Gasteiger partial charge in [0.15, 0.2) is 0 Å². The second-order valence-corrected chi connectivity index (χ2v) is 10.9. The molecule has 0 bridgehead atoms. The van der Waals surface area contributed by atoms with E-state index in [4.69, 9.17) is 4.65 Å². The number of phenols is 1. The van der Waals surface area contributed by atoms with Crippen LogP contribution in [0.15, 0.2) is 28.9 Å². The second kappa shape index (κ2) is 11.5. The van der Waals surface area contributed by atoms with E-state index in [2.05, 4.69) is 13.0 Å². The van der Waals surface area contributed by atoms with Crippen LogP contribution in [0.25, 0.3) is 6.08 Å². The lowest BCUT2D eigenvalue weighted by molar-refractivity contribution is -0.140. The number of amides is 2. The van der Waals surface area contributed by atoms with Gasteiger partial charge in [0.1, 0.15) is 5.75 Å². The first-order valence-electron chi connectivity index (χ1n) is 13.7. The van der Waals surface area contributed by atoms with Crippen molar-refractivity contribution in [2.75, 3.05) is 13.2 Å². The molecule has 2 fully saturated rings. The summed E-state index contributed by atoms with van der Waals surface area (Å²) in [6, 6.07) is 3.96. The molecule has 8 heteroatoms. The number of carbonyl (C=O) groups excluding carboxylic acids is 2. The third-order valence-electron chi connectivity index (χ3n) is 8.22. The van der Waals surface area contributed by atoms with E-state index in [-0.39, 0.29) is 30.7 Å². The molecule has 2 aliphatic heterocycles. The average Bonchev–Trinajstić information content (AvgIpc) is 3.10. The molecule has 4 rings (SSSR count). The van der Waals surface area contributed by atoms with Crippen LogP contribution < -0.4 is 0 Å². The molecule has 2 amide bonds. The van der Waals surface area contributed by atoms with Gasteiger partial charge in [0.25, 0.3) is 0 Å². The monoisotopic (exact) mass is 509 g/mol.